The van der Waals surface area contributed by atoms with Crippen LogP contribution in [0.5, 0.6) is 0 Å². The van der Waals surface area contributed by atoms with Crippen molar-refractivity contribution in [3.05, 3.63) is 28.9 Å². The second-order valence-corrected chi connectivity index (χ2v) is 4.01. The van der Waals surface area contributed by atoms with E-state index in [4.69, 9.17) is 0 Å². The average molecular weight is 250 g/mol. The molecule has 1 aromatic heterocycles. The van der Waals surface area contributed by atoms with Crippen molar-refractivity contribution >= 4 is 11.8 Å². The van der Waals surface area contributed by atoms with Gasteiger partial charge in [0.05, 0.1) is 0 Å². The first-order valence-electron chi connectivity index (χ1n) is 5.73. The zero-order valence-electron chi connectivity index (χ0n) is 9.83. The summed E-state index contributed by atoms with van der Waals surface area (Å²) in [5, 5.41) is 2.69. The molecule has 0 aromatic carbocycles. The average Bonchev–Trinajstić information content (AvgIpc) is 2.57. The summed E-state index contributed by atoms with van der Waals surface area (Å²) in [6.45, 7) is 1.27. The first kappa shape index (κ1) is 12.3. The monoisotopic (exact) mass is 250 g/mol. The number of carbonyl (C=O) groups is 2. The molecule has 18 heavy (non-hydrogen) atoms. The van der Waals surface area contributed by atoms with E-state index in [9.17, 15) is 14.4 Å². The molecule has 1 aliphatic rings. The molecule has 0 atom stereocenters. The molecule has 1 saturated heterocycles. The Hall–Kier alpha value is -2.18. The van der Waals surface area contributed by atoms with Crippen molar-refractivity contribution in [2.45, 2.75) is 13.0 Å². The first-order valence-corrected chi connectivity index (χ1v) is 5.73. The van der Waals surface area contributed by atoms with Crippen molar-refractivity contribution in [3.63, 3.8) is 0 Å². The molecule has 0 spiro atoms. The zero-order chi connectivity index (χ0) is 13.0. The summed E-state index contributed by atoms with van der Waals surface area (Å²) in [7, 11) is 0. The zero-order valence-corrected chi connectivity index (χ0v) is 9.83. The van der Waals surface area contributed by atoms with Gasteiger partial charge in [-0.3, -0.25) is 14.2 Å². The summed E-state index contributed by atoms with van der Waals surface area (Å²) in [6, 6.07) is 1.60. The summed E-state index contributed by atoms with van der Waals surface area (Å²) in [4.78, 5) is 39.7. The third kappa shape index (κ3) is 2.93. The van der Waals surface area contributed by atoms with Crippen molar-refractivity contribution in [2.24, 2.45) is 0 Å². The Morgan fingerprint density at radius 1 is 1.39 bits per heavy atom. The lowest BCUT2D eigenvalue weighted by atomic mass is 10.3. The molecule has 1 N–H and O–H groups in total. The highest BCUT2D eigenvalue weighted by Crippen LogP contribution is 1.98. The van der Waals surface area contributed by atoms with Gasteiger partial charge in [-0.1, -0.05) is 0 Å². The Bertz CT molecular complexity index is 511. The van der Waals surface area contributed by atoms with Crippen molar-refractivity contribution in [2.75, 3.05) is 19.6 Å². The summed E-state index contributed by atoms with van der Waals surface area (Å²) in [6.07, 6.45) is 3.21. The fourth-order valence-electron chi connectivity index (χ4n) is 1.77. The molecule has 7 heteroatoms. The van der Waals surface area contributed by atoms with E-state index in [1.807, 2.05) is 0 Å². The summed E-state index contributed by atoms with van der Waals surface area (Å²) in [5.41, 5.74) is -0.449. The smallest absolute Gasteiger partial charge is 0.347 e. The molecular formula is C11H14N4O3. The number of hydrogen-bond donors (Lipinski definition) is 1. The number of amides is 2. The molecule has 2 amide bonds. The molecular weight excluding hydrogens is 236 g/mol. The summed E-state index contributed by atoms with van der Waals surface area (Å²) >= 11 is 0. The molecule has 2 heterocycles. The summed E-state index contributed by atoms with van der Waals surface area (Å²) in [5.74, 6) is -0.231. The molecule has 2 rings (SSSR count). The fraction of sp³-hybridized carbons (Fsp3) is 0.455. The molecule has 1 aliphatic heterocycles. The van der Waals surface area contributed by atoms with Crippen LogP contribution in [0.25, 0.3) is 0 Å². The second-order valence-electron chi connectivity index (χ2n) is 4.01. The Morgan fingerprint density at radius 3 is 3.00 bits per heavy atom. The van der Waals surface area contributed by atoms with Gasteiger partial charge in [0.1, 0.15) is 6.54 Å². The number of nitrogens with zero attached hydrogens (tertiary/aromatic N) is 3. The molecule has 96 valence electrons. The standard InChI is InChI=1S/C11H14N4O3/c16-9-2-6-14(7-4-12-9)10(17)8-15-5-1-3-13-11(15)18/h1,3,5H,2,4,6-8H2,(H,12,16). The SMILES string of the molecule is O=C1CCN(C(=O)Cn2cccnc2=O)CCN1. The fourth-order valence-corrected chi connectivity index (χ4v) is 1.77. The van der Waals surface area contributed by atoms with Gasteiger partial charge in [-0.05, 0) is 6.07 Å². The largest absolute Gasteiger partial charge is 0.354 e. The van der Waals surface area contributed by atoms with E-state index >= 15 is 0 Å². The van der Waals surface area contributed by atoms with Gasteiger partial charge in [0.25, 0.3) is 0 Å². The van der Waals surface area contributed by atoms with Gasteiger partial charge in [-0.25, -0.2) is 9.78 Å². The lowest BCUT2D eigenvalue weighted by Gasteiger charge is -2.19. The van der Waals surface area contributed by atoms with Gasteiger partial charge >= 0.3 is 5.69 Å². The van der Waals surface area contributed by atoms with E-state index in [2.05, 4.69) is 10.3 Å². The third-order valence-electron chi connectivity index (χ3n) is 2.75. The van der Waals surface area contributed by atoms with Crippen LogP contribution in [-0.4, -0.2) is 45.9 Å². The maximum atomic E-state index is 12.0. The van der Waals surface area contributed by atoms with Gasteiger partial charge in [0, 0.05) is 38.4 Å². The molecule has 7 nitrogen and oxygen atoms in total. The Labute approximate surface area is 103 Å². The topological polar surface area (TPSA) is 84.3 Å². The molecule has 1 fully saturated rings. The van der Waals surface area contributed by atoms with Crippen LogP contribution in [0.4, 0.5) is 0 Å². The molecule has 1 aromatic rings. The molecule has 0 bridgehead atoms. The number of nitrogens with one attached hydrogen (secondary N) is 1. The van der Waals surface area contributed by atoms with Crippen LogP contribution < -0.4 is 11.0 Å². The van der Waals surface area contributed by atoms with E-state index < -0.39 is 5.69 Å². The van der Waals surface area contributed by atoms with Crippen LogP contribution >= 0.6 is 0 Å². The van der Waals surface area contributed by atoms with E-state index in [-0.39, 0.29) is 18.4 Å². The second kappa shape index (κ2) is 5.44. The Balaban J connectivity index is 2.01. The highest BCUT2D eigenvalue weighted by molar-refractivity contribution is 5.80. The van der Waals surface area contributed by atoms with E-state index in [0.717, 1.165) is 0 Å². The minimum absolute atomic E-state index is 0.0408. The molecule has 0 radical (unpaired) electrons. The van der Waals surface area contributed by atoms with E-state index in [0.29, 0.717) is 26.1 Å². The number of hydrogen-bond acceptors (Lipinski definition) is 4. The van der Waals surface area contributed by atoms with Gasteiger partial charge in [0.15, 0.2) is 0 Å². The van der Waals surface area contributed by atoms with Crippen LogP contribution in [0.1, 0.15) is 6.42 Å². The van der Waals surface area contributed by atoms with Crippen LogP contribution in [-0.2, 0) is 16.1 Å². The maximum absolute atomic E-state index is 12.0. The van der Waals surface area contributed by atoms with E-state index in [1.54, 1.807) is 11.0 Å². The highest BCUT2D eigenvalue weighted by Gasteiger charge is 2.18. The van der Waals surface area contributed by atoms with Crippen LogP contribution in [0, 0.1) is 0 Å². The van der Waals surface area contributed by atoms with Gasteiger partial charge in [-0.15, -0.1) is 0 Å². The van der Waals surface area contributed by atoms with Crippen LogP contribution in [0.2, 0.25) is 0 Å². The number of rotatable bonds is 2. The normalized spacial score (nSPS) is 16.0. The Kier molecular flexibility index (Phi) is 3.71. The summed E-state index contributed by atoms with van der Waals surface area (Å²) < 4.78 is 1.25. The minimum Gasteiger partial charge on any atom is -0.354 e. The number of carbonyl (C=O) groups excluding carboxylic acids is 2. The van der Waals surface area contributed by atoms with Crippen molar-refractivity contribution in [1.29, 1.82) is 0 Å². The quantitative estimate of drug-likeness (QED) is 0.699. The van der Waals surface area contributed by atoms with Crippen molar-refractivity contribution < 1.29 is 9.59 Å². The van der Waals surface area contributed by atoms with Gasteiger partial charge in [-0.2, -0.15) is 0 Å². The lowest BCUT2D eigenvalue weighted by Crippen LogP contribution is -2.38. The van der Waals surface area contributed by atoms with Crippen molar-refractivity contribution in [1.82, 2.24) is 19.8 Å². The van der Waals surface area contributed by atoms with Gasteiger partial charge < -0.3 is 10.2 Å². The third-order valence-corrected chi connectivity index (χ3v) is 2.75. The minimum atomic E-state index is -0.449. The Morgan fingerprint density at radius 2 is 2.22 bits per heavy atom. The molecule has 0 unspecified atom stereocenters. The van der Waals surface area contributed by atoms with Gasteiger partial charge in [0.2, 0.25) is 11.8 Å². The predicted molar refractivity (Wildman–Crippen MR) is 62.7 cm³/mol. The van der Waals surface area contributed by atoms with Crippen LogP contribution in [0.15, 0.2) is 23.3 Å². The number of aromatic nitrogens is 2. The van der Waals surface area contributed by atoms with E-state index in [1.165, 1.54) is 17.0 Å². The van der Waals surface area contributed by atoms with Crippen molar-refractivity contribution in [3.8, 4) is 0 Å². The molecule has 0 saturated carbocycles. The first-order chi connectivity index (χ1) is 8.66. The molecule has 0 aliphatic carbocycles. The lowest BCUT2D eigenvalue weighted by molar-refractivity contribution is -0.131. The predicted octanol–water partition coefficient (Wildman–Crippen LogP) is -1.41. The van der Waals surface area contributed by atoms with Crippen LogP contribution in [0.3, 0.4) is 0 Å². The highest BCUT2D eigenvalue weighted by atomic mass is 16.2. The maximum Gasteiger partial charge on any atom is 0.347 e.